The molecule has 0 saturated heterocycles. The SMILES string of the molecule is CC(=O)c1nc2ccc(N)cc2nc1C. The van der Waals surface area contributed by atoms with Gasteiger partial charge in [-0.25, -0.2) is 9.97 Å². The molecule has 2 aromatic rings. The zero-order valence-electron chi connectivity index (χ0n) is 8.61. The Bertz CT molecular complexity index is 549. The van der Waals surface area contributed by atoms with Gasteiger partial charge in [0.05, 0.1) is 16.7 Å². The zero-order chi connectivity index (χ0) is 11.0. The van der Waals surface area contributed by atoms with E-state index >= 15 is 0 Å². The number of carbonyl (C=O) groups is 1. The first-order valence-corrected chi connectivity index (χ1v) is 4.63. The number of anilines is 1. The fraction of sp³-hybridized carbons (Fsp3) is 0.182. The smallest absolute Gasteiger partial charge is 0.179 e. The summed E-state index contributed by atoms with van der Waals surface area (Å²) in [5, 5.41) is 0. The summed E-state index contributed by atoms with van der Waals surface area (Å²) in [5.74, 6) is -0.0706. The van der Waals surface area contributed by atoms with Crippen LogP contribution in [0.3, 0.4) is 0 Å². The van der Waals surface area contributed by atoms with Gasteiger partial charge in [0, 0.05) is 12.6 Å². The van der Waals surface area contributed by atoms with E-state index in [1.54, 1.807) is 25.1 Å². The van der Waals surface area contributed by atoms with Crippen LogP contribution in [0.1, 0.15) is 23.1 Å². The minimum absolute atomic E-state index is 0.0706. The molecule has 0 amide bonds. The van der Waals surface area contributed by atoms with E-state index < -0.39 is 0 Å². The normalized spacial score (nSPS) is 10.5. The van der Waals surface area contributed by atoms with Gasteiger partial charge < -0.3 is 5.73 Å². The Morgan fingerprint density at radius 1 is 1.27 bits per heavy atom. The number of nitrogens with zero attached hydrogens (tertiary/aromatic N) is 2. The Kier molecular flexibility index (Phi) is 2.11. The molecule has 1 aromatic heterocycles. The van der Waals surface area contributed by atoms with Crippen molar-refractivity contribution in [2.45, 2.75) is 13.8 Å². The fourth-order valence-electron chi connectivity index (χ4n) is 1.49. The van der Waals surface area contributed by atoms with Crippen molar-refractivity contribution >= 4 is 22.5 Å². The molecule has 0 spiro atoms. The van der Waals surface area contributed by atoms with Crippen LogP contribution >= 0.6 is 0 Å². The number of hydrogen-bond donors (Lipinski definition) is 1. The van der Waals surface area contributed by atoms with Crippen LogP contribution in [0.5, 0.6) is 0 Å². The van der Waals surface area contributed by atoms with E-state index in [-0.39, 0.29) is 5.78 Å². The number of fused-ring (bicyclic) bond motifs is 1. The molecule has 4 heteroatoms. The second-order valence-corrected chi connectivity index (χ2v) is 3.46. The Morgan fingerprint density at radius 3 is 2.67 bits per heavy atom. The topological polar surface area (TPSA) is 68.9 Å². The van der Waals surface area contributed by atoms with Crippen molar-refractivity contribution in [2.75, 3.05) is 5.73 Å². The quantitative estimate of drug-likeness (QED) is 0.563. The molecule has 1 aromatic carbocycles. The highest BCUT2D eigenvalue weighted by atomic mass is 16.1. The van der Waals surface area contributed by atoms with Gasteiger partial charge in [0.2, 0.25) is 0 Å². The number of nitrogen functional groups attached to an aromatic ring is 1. The molecular weight excluding hydrogens is 190 g/mol. The second-order valence-electron chi connectivity index (χ2n) is 3.46. The van der Waals surface area contributed by atoms with Crippen LogP contribution in [0, 0.1) is 6.92 Å². The van der Waals surface area contributed by atoms with Gasteiger partial charge in [-0.15, -0.1) is 0 Å². The number of Topliss-reactive ketones (excluding diaryl/α,β-unsaturated/α-hetero) is 1. The largest absolute Gasteiger partial charge is 0.399 e. The van der Waals surface area contributed by atoms with Crippen molar-refractivity contribution in [1.29, 1.82) is 0 Å². The van der Waals surface area contributed by atoms with Gasteiger partial charge in [0.25, 0.3) is 0 Å². The Labute approximate surface area is 87.1 Å². The summed E-state index contributed by atoms with van der Waals surface area (Å²) in [7, 11) is 0. The number of carbonyl (C=O) groups excluding carboxylic acids is 1. The Balaban J connectivity index is 2.76. The summed E-state index contributed by atoms with van der Waals surface area (Å²) < 4.78 is 0. The van der Waals surface area contributed by atoms with E-state index in [0.29, 0.717) is 22.6 Å². The van der Waals surface area contributed by atoms with Gasteiger partial charge in [-0.05, 0) is 25.1 Å². The van der Waals surface area contributed by atoms with Gasteiger partial charge >= 0.3 is 0 Å². The van der Waals surface area contributed by atoms with Crippen LogP contribution in [-0.2, 0) is 0 Å². The molecule has 0 radical (unpaired) electrons. The van der Waals surface area contributed by atoms with Gasteiger partial charge in [0.15, 0.2) is 5.78 Å². The van der Waals surface area contributed by atoms with Crippen molar-refractivity contribution in [3.63, 3.8) is 0 Å². The minimum Gasteiger partial charge on any atom is -0.399 e. The lowest BCUT2D eigenvalue weighted by Crippen LogP contribution is -2.03. The van der Waals surface area contributed by atoms with Crippen LogP contribution in [-0.4, -0.2) is 15.8 Å². The number of aryl methyl sites for hydroxylation is 1. The first-order valence-electron chi connectivity index (χ1n) is 4.63. The molecule has 0 aliphatic rings. The van der Waals surface area contributed by atoms with Crippen molar-refractivity contribution in [1.82, 2.24) is 9.97 Å². The number of ketones is 1. The maximum absolute atomic E-state index is 11.2. The predicted molar refractivity (Wildman–Crippen MR) is 58.7 cm³/mol. The van der Waals surface area contributed by atoms with E-state index in [2.05, 4.69) is 9.97 Å². The van der Waals surface area contributed by atoms with Crippen LogP contribution in [0.25, 0.3) is 11.0 Å². The summed E-state index contributed by atoms with van der Waals surface area (Å²) in [4.78, 5) is 19.8. The van der Waals surface area contributed by atoms with E-state index in [4.69, 9.17) is 5.73 Å². The minimum atomic E-state index is -0.0706. The van der Waals surface area contributed by atoms with Crippen LogP contribution in [0.4, 0.5) is 5.69 Å². The van der Waals surface area contributed by atoms with E-state index in [1.165, 1.54) is 6.92 Å². The Morgan fingerprint density at radius 2 is 2.00 bits per heavy atom. The molecule has 0 aliphatic heterocycles. The standard InChI is InChI=1S/C11H11N3O/c1-6-11(7(2)15)14-9-4-3-8(12)5-10(9)13-6/h3-5H,12H2,1-2H3. The molecule has 4 nitrogen and oxygen atoms in total. The maximum Gasteiger partial charge on any atom is 0.179 e. The van der Waals surface area contributed by atoms with Crippen molar-refractivity contribution in [3.05, 3.63) is 29.6 Å². The molecule has 76 valence electrons. The monoisotopic (exact) mass is 201 g/mol. The van der Waals surface area contributed by atoms with Crippen molar-refractivity contribution < 1.29 is 4.79 Å². The molecular formula is C11H11N3O. The Hall–Kier alpha value is -1.97. The number of aromatic nitrogens is 2. The van der Waals surface area contributed by atoms with Gasteiger partial charge in [-0.1, -0.05) is 0 Å². The lowest BCUT2D eigenvalue weighted by molar-refractivity contribution is 0.101. The molecule has 0 bridgehead atoms. The molecule has 0 atom stereocenters. The first kappa shape index (κ1) is 9.58. The molecule has 0 saturated carbocycles. The molecule has 2 N–H and O–H groups in total. The predicted octanol–water partition coefficient (Wildman–Crippen LogP) is 1.72. The molecule has 0 unspecified atom stereocenters. The van der Waals surface area contributed by atoms with Crippen molar-refractivity contribution in [2.24, 2.45) is 0 Å². The van der Waals surface area contributed by atoms with Crippen LogP contribution in [0.15, 0.2) is 18.2 Å². The molecule has 0 fully saturated rings. The molecule has 15 heavy (non-hydrogen) atoms. The van der Waals surface area contributed by atoms with Crippen LogP contribution < -0.4 is 5.73 Å². The number of benzene rings is 1. The number of hydrogen-bond acceptors (Lipinski definition) is 4. The highest BCUT2D eigenvalue weighted by Crippen LogP contribution is 2.15. The maximum atomic E-state index is 11.2. The summed E-state index contributed by atoms with van der Waals surface area (Å²) in [6.45, 7) is 3.26. The molecule has 2 rings (SSSR count). The first-order chi connectivity index (χ1) is 7.08. The zero-order valence-corrected chi connectivity index (χ0v) is 8.61. The highest BCUT2D eigenvalue weighted by Gasteiger charge is 2.08. The van der Waals surface area contributed by atoms with Gasteiger partial charge in [-0.3, -0.25) is 4.79 Å². The lowest BCUT2D eigenvalue weighted by Gasteiger charge is -2.03. The third kappa shape index (κ3) is 1.66. The van der Waals surface area contributed by atoms with Gasteiger partial charge in [0.1, 0.15) is 5.69 Å². The summed E-state index contributed by atoms with van der Waals surface area (Å²) in [6, 6.07) is 5.26. The number of rotatable bonds is 1. The average Bonchev–Trinajstić information content (AvgIpc) is 2.15. The molecule has 0 aliphatic carbocycles. The number of nitrogens with two attached hydrogens (primary N) is 1. The van der Waals surface area contributed by atoms with Crippen LogP contribution in [0.2, 0.25) is 0 Å². The third-order valence-corrected chi connectivity index (χ3v) is 2.20. The van der Waals surface area contributed by atoms with E-state index in [1.807, 2.05) is 0 Å². The van der Waals surface area contributed by atoms with E-state index in [0.717, 1.165) is 5.52 Å². The van der Waals surface area contributed by atoms with Crippen molar-refractivity contribution in [3.8, 4) is 0 Å². The fourth-order valence-corrected chi connectivity index (χ4v) is 1.49. The highest BCUT2D eigenvalue weighted by molar-refractivity contribution is 5.95. The van der Waals surface area contributed by atoms with E-state index in [9.17, 15) is 4.79 Å². The summed E-state index contributed by atoms with van der Waals surface area (Å²) in [5.41, 5.74) is 8.76. The second kappa shape index (κ2) is 3.31. The lowest BCUT2D eigenvalue weighted by atomic mass is 10.2. The summed E-state index contributed by atoms with van der Waals surface area (Å²) >= 11 is 0. The van der Waals surface area contributed by atoms with Gasteiger partial charge in [-0.2, -0.15) is 0 Å². The molecule has 1 heterocycles. The third-order valence-electron chi connectivity index (χ3n) is 2.20. The average molecular weight is 201 g/mol. The summed E-state index contributed by atoms with van der Waals surface area (Å²) in [6.07, 6.45) is 0.